The van der Waals surface area contributed by atoms with E-state index in [0.717, 1.165) is 0 Å². The molecule has 26 heteroatoms. The highest BCUT2D eigenvalue weighted by molar-refractivity contribution is 7.93. The summed E-state index contributed by atoms with van der Waals surface area (Å²) in [5.74, 6) is 2.02. The van der Waals surface area contributed by atoms with Crippen LogP contribution in [0.1, 0.15) is 50.9 Å². The monoisotopic (exact) mass is 1050 g/mol. The molecule has 0 bridgehead atoms. The fourth-order valence-corrected chi connectivity index (χ4v) is 9.88. The topological polar surface area (TPSA) is 286 Å². The van der Waals surface area contributed by atoms with Crippen LogP contribution in [0.3, 0.4) is 0 Å². The molecule has 0 saturated carbocycles. The number of ether oxygens (including phenoxy) is 6. The molecule has 6 aromatic heterocycles. The first-order chi connectivity index (χ1) is 35.6. The second kappa shape index (κ2) is 23.4. The zero-order valence-electron chi connectivity index (χ0n) is 42.0. The van der Waals surface area contributed by atoms with Crippen molar-refractivity contribution in [1.29, 1.82) is 0 Å². The second-order valence-electron chi connectivity index (χ2n) is 16.1. The van der Waals surface area contributed by atoms with E-state index in [4.69, 9.17) is 28.4 Å². The molecule has 6 heterocycles. The van der Waals surface area contributed by atoms with Gasteiger partial charge in [-0.3, -0.25) is 38.5 Å². The van der Waals surface area contributed by atoms with E-state index in [1.54, 1.807) is 113 Å². The van der Waals surface area contributed by atoms with Crippen molar-refractivity contribution in [2.45, 2.75) is 50.0 Å². The predicted molar refractivity (Wildman–Crippen MR) is 273 cm³/mol. The van der Waals surface area contributed by atoms with Crippen LogP contribution in [0.15, 0.2) is 110 Å². The third-order valence-corrected chi connectivity index (χ3v) is 15.6. The average molecular weight is 1050 g/mol. The van der Waals surface area contributed by atoms with Crippen LogP contribution in [-0.4, -0.2) is 129 Å². The predicted octanol–water partition coefficient (Wildman–Crippen LogP) is 6.16. The van der Waals surface area contributed by atoms with Gasteiger partial charge < -0.3 is 28.4 Å². The zero-order chi connectivity index (χ0) is 53.2. The molecule has 2 aromatic carbocycles. The highest BCUT2D eigenvalue weighted by atomic mass is 32.2. The minimum absolute atomic E-state index is 0.0403. The van der Waals surface area contributed by atoms with Gasteiger partial charge in [-0.15, -0.1) is 20.4 Å². The third-order valence-electron chi connectivity index (χ3n) is 11.9. The number of nitrogens with zero attached hydrogens (tertiary/aromatic N) is 12. The van der Waals surface area contributed by atoms with Gasteiger partial charge in [-0.1, -0.05) is 26.0 Å². The summed E-state index contributed by atoms with van der Waals surface area (Å²) >= 11 is 0. The molecule has 4 unspecified atom stereocenters. The molecule has 24 nitrogen and oxygen atoms in total. The quantitative estimate of drug-likeness (QED) is 0.0864. The van der Waals surface area contributed by atoms with Crippen LogP contribution in [0.4, 0.5) is 11.9 Å². The number of benzene rings is 2. The SMILES string of the molecule is COc1cnc(C(C)C(C)S(=O)(=O)Nc2nnc(-c3cccnc3)n2-c2c(OC)cccc2OC)cn1.COc1cnc(C(C)C(C)S(=O)(=O)Nc2nnc(-c3cccnc3)n2-c2c(OC)cccc2OC)cn1. The zero-order valence-corrected chi connectivity index (χ0v) is 43.6. The molecule has 388 valence electrons. The maximum Gasteiger partial charge on any atom is 0.243 e. The molecule has 0 fully saturated rings. The molecule has 8 rings (SSSR count). The van der Waals surface area contributed by atoms with Gasteiger partial charge in [0.05, 0.1) is 89.3 Å². The van der Waals surface area contributed by atoms with Crippen LogP contribution >= 0.6 is 0 Å². The van der Waals surface area contributed by atoms with Gasteiger partial charge in [-0.2, -0.15) is 0 Å². The van der Waals surface area contributed by atoms with Crippen LogP contribution in [0.5, 0.6) is 34.8 Å². The van der Waals surface area contributed by atoms with Gasteiger partial charge in [-0.25, -0.2) is 26.8 Å². The van der Waals surface area contributed by atoms with Crippen molar-refractivity contribution in [3.8, 4) is 68.9 Å². The average Bonchev–Trinajstić information content (AvgIpc) is 4.05. The number of rotatable bonds is 20. The summed E-state index contributed by atoms with van der Waals surface area (Å²) in [7, 11) is 1.04. The highest BCUT2D eigenvalue weighted by Crippen LogP contribution is 2.40. The maximum atomic E-state index is 13.5. The summed E-state index contributed by atoms with van der Waals surface area (Å²) in [5.41, 5.74) is 3.09. The summed E-state index contributed by atoms with van der Waals surface area (Å²) in [4.78, 5) is 25.2. The number of aromatic nitrogens is 12. The normalized spacial score (nSPS) is 13.0. The Kier molecular flexibility index (Phi) is 16.8. The lowest BCUT2D eigenvalue weighted by Crippen LogP contribution is -2.31. The molecule has 74 heavy (non-hydrogen) atoms. The van der Waals surface area contributed by atoms with E-state index in [9.17, 15) is 16.8 Å². The Labute approximate surface area is 427 Å². The molecule has 0 amide bonds. The number of pyridine rings is 2. The van der Waals surface area contributed by atoms with Crippen molar-refractivity contribution in [2.24, 2.45) is 0 Å². The van der Waals surface area contributed by atoms with Crippen molar-refractivity contribution in [3.63, 3.8) is 0 Å². The van der Waals surface area contributed by atoms with Crippen molar-refractivity contribution in [3.05, 3.63) is 122 Å². The van der Waals surface area contributed by atoms with E-state index in [1.165, 1.54) is 76.6 Å². The Hall–Kier alpha value is -8.52. The fraction of sp³-hybridized carbons (Fsp3) is 0.292. The Morgan fingerprint density at radius 2 is 0.811 bits per heavy atom. The van der Waals surface area contributed by atoms with Gasteiger partial charge in [0.1, 0.15) is 34.4 Å². The van der Waals surface area contributed by atoms with Crippen molar-refractivity contribution in [1.82, 2.24) is 59.4 Å². The number of methoxy groups -OCH3 is 6. The van der Waals surface area contributed by atoms with Gasteiger partial charge in [0.25, 0.3) is 0 Å². The standard InChI is InChI=1S/2C24H27N7O5S/c2*1-15(18-13-27-21(36-5)14-26-18)16(2)37(32,33)30-24-29-28-23(17-8-7-11-25-12-17)31(24)22-19(34-3)9-6-10-20(22)35-4/h2*6-16H,1-5H3,(H,29,30). The first-order valence-electron chi connectivity index (χ1n) is 22.5. The molecule has 0 aliphatic heterocycles. The van der Waals surface area contributed by atoms with Crippen LogP contribution < -0.4 is 37.9 Å². The van der Waals surface area contributed by atoms with Gasteiger partial charge in [-0.05, 0) is 62.4 Å². The van der Waals surface area contributed by atoms with Crippen LogP contribution in [0, 0.1) is 0 Å². The molecule has 0 saturated heterocycles. The lowest BCUT2D eigenvalue weighted by molar-refractivity contribution is 0.391. The number of hydrogen-bond acceptors (Lipinski definition) is 20. The Morgan fingerprint density at radius 1 is 0.446 bits per heavy atom. The van der Waals surface area contributed by atoms with Gasteiger partial charge >= 0.3 is 0 Å². The second-order valence-corrected chi connectivity index (χ2v) is 20.2. The summed E-state index contributed by atoms with van der Waals surface area (Å²) < 4.78 is 94.8. The largest absolute Gasteiger partial charge is 0.494 e. The van der Waals surface area contributed by atoms with Crippen molar-refractivity contribution in [2.75, 3.05) is 52.1 Å². The minimum atomic E-state index is -3.98. The first kappa shape index (κ1) is 53.3. The van der Waals surface area contributed by atoms with E-state index >= 15 is 0 Å². The molecule has 0 aliphatic carbocycles. The Morgan fingerprint density at radius 3 is 1.09 bits per heavy atom. The van der Waals surface area contributed by atoms with E-state index in [2.05, 4.69) is 59.7 Å². The van der Waals surface area contributed by atoms with Gasteiger partial charge in [0, 0.05) is 47.8 Å². The molecular weight excluding hydrogens is 997 g/mol. The number of para-hydroxylation sites is 2. The van der Waals surface area contributed by atoms with E-state index in [-0.39, 0.29) is 11.9 Å². The van der Waals surface area contributed by atoms with Gasteiger partial charge in [0.2, 0.25) is 43.7 Å². The lowest BCUT2D eigenvalue weighted by Gasteiger charge is -2.21. The minimum Gasteiger partial charge on any atom is -0.494 e. The molecule has 0 radical (unpaired) electrons. The van der Waals surface area contributed by atoms with Crippen molar-refractivity contribution < 1.29 is 45.3 Å². The fourth-order valence-electron chi connectivity index (χ4n) is 7.38. The molecule has 0 spiro atoms. The Bertz CT molecular complexity index is 3100. The smallest absolute Gasteiger partial charge is 0.243 e. The van der Waals surface area contributed by atoms with E-state index < -0.39 is 42.4 Å². The summed E-state index contributed by atoms with van der Waals surface area (Å²) in [6.45, 7) is 6.70. The Balaban J connectivity index is 0.000000216. The lowest BCUT2D eigenvalue weighted by atomic mass is 10.1. The van der Waals surface area contributed by atoms with Gasteiger partial charge in [0.15, 0.2) is 11.6 Å². The molecular formula is C48H54N14O10S2. The summed E-state index contributed by atoms with van der Waals surface area (Å²) in [6.07, 6.45) is 12.4. The number of hydrogen-bond donors (Lipinski definition) is 2. The molecule has 8 aromatic rings. The molecule has 2 N–H and O–H groups in total. The van der Waals surface area contributed by atoms with Crippen molar-refractivity contribution >= 4 is 31.9 Å². The van der Waals surface area contributed by atoms with E-state index in [0.29, 0.717) is 80.3 Å². The number of nitrogens with one attached hydrogen (secondary N) is 2. The molecule has 0 aliphatic rings. The van der Waals surface area contributed by atoms with E-state index in [1.807, 2.05) is 0 Å². The number of sulfonamides is 2. The summed E-state index contributed by atoms with van der Waals surface area (Å²) in [6, 6.07) is 17.5. The summed E-state index contributed by atoms with van der Waals surface area (Å²) in [5, 5.41) is 15.1. The highest BCUT2D eigenvalue weighted by Gasteiger charge is 2.34. The van der Waals surface area contributed by atoms with Crippen LogP contribution in [0.2, 0.25) is 0 Å². The van der Waals surface area contributed by atoms with Crippen LogP contribution in [-0.2, 0) is 20.0 Å². The molecule has 4 atom stereocenters. The first-order valence-corrected chi connectivity index (χ1v) is 25.6. The number of anilines is 2. The maximum absolute atomic E-state index is 13.5. The third kappa shape index (κ3) is 11.4. The van der Waals surface area contributed by atoms with Crippen LogP contribution in [0.25, 0.3) is 34.2 Å².